The molecule has 0 radical (unpaired) electrons. The van der Waals surface area contributed by atoms with Crippen molar-refractivity contribution in [3.63, 3.8) is 0 Å². The number of esters is 1. The van der Waals surface area contributed by atoms with Crippen molar-refractivity contribution in [3.05, 3.63) is 64.0 Å². The van der Waals surface area contributed by atoms with E-state index in [2.05, 4.69) is 0 Å². The Hall–Kier alpha value is -2.36. The Morgan fingerprint density at radius 1 is 1.10 bits per heavy atom. The Bertz CT molecular complexity index is 652. The zero-order valence-electron chi connectivity index (χ0n) is 12.4. The Labute approximate surface area is 123 Å². The van der Waals surface area contributed by atoms with Crippen molar-refractivity contribution in [1.29, 1.82) is 0 Å². The van der Waals surface area contributed by atoms with Gasteiger partial charge in [-0.1, -0.05) is 29.3 Å². The molecule has 110 valence electrons. The highest BCUT2D eigenvalue weighted by Crippen LogP contribution is 2.19. The molecule has 2 aromatic rings. The maximum Gasteiger partial charge on any atom is 0.338 e. The van der Waals surface area contributed by atoms with Gasteiger partial charge in [0.05, 0.1) is 5.56 Å². The van der Waals surface area contributed by atoms with Crippen molar-refractivity contribution in [1.82, 2.24) is 0 Å². The Kier molecular flexibility index (Phi) is 4.26. The van der Waals surface area contributed by atoms with Crippen molar-refractivity contribution in [2.24, 2.45) is 0 Å². The minimum atomic E-state index is -0.584. The number of hydrogen-bond donors (Lipinski definition) is 1. The molecule has 21 heavy (non-hydrogen) atoms. The highest BCUT2D eigenvalue weighted by atomic mass is 19.1. The third kappa shape index (κ3) is 3.60. The number of halogens is 1. The van der Waals surface area contributed by atoms with E-state index in [1.165, 1.54) is 6.07 Å². The summed E-state index contributed by atoms with van der Waals surface area (Å²) in [6.07, 6.45) is 0. The molecule has 0 bridgehead atoms. The summed E-state index contributed by atoms with van der Waals surface area (Å²) in [5.41, 5.74) is 9.47. The average molecular weight is 287 g/mol. The SMILES string of the molecule is Cc1cc(C)cc(COC(=O)c2cc(N)c(C)c(F)c2)c1. The predicted octanol–water partition coefficient (Wildman–Crippen LogP) is 3.69. The molecule has 0 aliphatic rings. The van der Waals surface area contributed by atoms with Gasteiger partial charge in [-0.3, -0.25) is 0 Å². The fraction of sp³-hybridized carbons (Fsp3) is 0.235. The van der Waals surface area contributed by atoms with Gasteiger partial charge in [-0.25, -0.2) is 9.18 Å². The molecule has 0 saturated carbocycles. The first-order chi connectivity index (χ1) is 9.86. The lowest BCUT2D eigenvalue weighted by atomic mass is 10.1. The molecule has 0 aliphatic carbocycles. The number of benzene rings is 2. The molecule has 2 rings (SSSR count). The lowest BCUT2D eigenvalue weighted by Crippen LogP contribution is -2.08. The number of carbonyl (C=O) groups excluding carboxylic acids is 1. The molecule has 0 fully saturated rings. The van der Waals surface area contributed by atoms with E-state index >= 15 is 0 Å². The maximum atomic E-state index is 13.6. The van der Waals surface area contributed by atoms with Crippen LogP contribution in [0.5, 0.6) is 0 Å². The Morgan fingerprint density at radius 3 is 2.29 bits per heavy atom. The van der Waals surface area contributed by atoms with E-state index in [1.54, 1.807) is 6.92 Å². The standard InChI is InChI=1S/C17H18FNO2/c1-10-4-11(2)6-13(5-10)9-21-17(20)14-7-15(18)12(3)16(19)8-14/h4-8H,9,19H2,1-3H3. The number of aryl methyl sites for hydroxylation is 2. The van der Waals surface area contributed by atoms with Gasteiger partial charge in [-0.2, -0.15) is 0 Å². The average Bonchev–Trinajstić information content (AvgIpc) is 2.40. The van der Waals surface area contributed by atoms with E-state index in [-0.39, 0.29) is 17.9 Å². The van der Waals surface area contributed by atoms with Gasteiger partial charge in [0, 0.05) is 11.3 Å². The summed E-state index contributed by atoms with van der Waals surface area (Å²) in [7, 11) is 0. The number of ether oxygens (including phenoxy) is 1. The maximum absolute atomic E-state index is 13.6. The summed E-state index contributed by atoms with van der Waals surface area (Å²) in [6, 6.07) is 8.52. The zero-order valence-corrected chi connectivity index (χ0v) is 12.4. The van der Waals surface area contributed by atoms with Crippen LogP contribution in [0.1, 0.15) is 32.6 Å². The Balaban J connectivity index is 2.11. The molecule has 0 aromatic heterocycles. The van der Waals surface area contributed by atoms with Crippen molar-refractivity contribution < 1.29 is 13.9 Å². The largest absolute Gasteiger partial charge is 0.457 e. The van der Waals surface area contributed by atoms with Crippen LogP contribution in [0.3, 0.4) is 0 Å². The van der Waals surface area contributed by atoms with Crippen molar-refractivity contribution in [2.75, 3.05) is 5.73 Å². The summed E-state index contributed by atoms with van der Waals surface area (Å²) in [6.45, 7) is 5.68. The van der Waals surface area contributed by atoms with Crippen LogP contribution in [0, 0.1) is 26.6 Å². The summed E-state index contributed by atoms with van der Waals surface area (Å²) in [5, 5.41) is 0. The highest BCUT2D eigenvalue weighted by molar-refractivity contribution is 5.90. The first-order valence-electron chi connectivity index (χ1n) is 6.66. The molecule has 4 heteroatoms. The molecule has 0 saturated heterocycles. The molecular formula is C17H18FNO2. The van der Waals surface area contributed by atoms with Crippen LogP contribution in [-0.4, -0.2) is 5.97 Å². The quantitative estimate of drug-likeness (QED) is 0.692. The second-order valence-electron chi connectivity index (χ2n) is 5.24. The van der Waals surface area contributed by atoms with E-state index < -0.39 is 11.8 Å². The van der Waals surface area contributed by atoms with E-state index in [4.69, 9.17) is 10.5 Å². The van der Waals surface area contributed by atoms with Crippen LogP contribution < -0.4 is 5.73 Å². The van der Waals surface area contributed by atoms with Gasteiger partial charge in [0.2, 0.25) is 0 Å². The van der Waals surface area contributed by atoms with Crippen LogP contribution >= 0.6 is 0 Å². The van der Waals surface area contributed by atoms with E-state index in [1.807, 2.05) is 32.0 Å². The molecule has 0 amide bonds. The summed E-state index contributed by atoms with van der Waals surface area (Å²) in [5.74, 6) is -1.09. The minimum Gasteiger partial charge on any atom is -0.457 e. The monoisotopic (exact) mass is 287 g/mol. The second-order valence-corrected chi connectivity index (χ2v) is 5.24. The number of hydrogen-bond acceptors (Lipinski definition) is 3. The molecule has 2 aromatic carbocycles. The second kappa shape index (κ2) is 5.95. The highest BCUT2D eigenvalue weighted by Gasteiger charge is 2.12. The molecular weight excluding hydrogens is 269 g/mol. The molecule has 2 N–H and O–H groups in total. The van der Waals surface area contributed by atoms with Gasteiger partial charge in [0.25, 0.3) is 0 Å². The smallest absolute Gasteiger partial charge is 0.338 e. The molecule has 0 spiro atoms. The topological polar surface area (TPSA) is 52.3 Å². The van der Waals surface area contributed by atoms with Gasteiger partial charge >= 0.3 is 5.97 Å². The molecule has 0 heterocycles. The summed E-state index contributed by atoms with van der Waals surface area (Å²) >= 11 is 0. The van der Waals surface area contributed by atoms with Crippen molar-refractivity contribution in [2.45, 2.75) is 27.4 Å². The van der Waals surface area contributed by atoms with E-state index in [0.29, 0.717) is 5.56 Å². The first-order valence-corrected chi connectivity index (χ1v) is 6.66. The van der Waals surface area contributed by atoms with Crippen LogP contribution in [0.2, 0.25) is 0 Å². The number of carbonyl (C=O) groups is 1. The van der Waals surface area contributed by atoms with E-state index in [0.717, 1.165) is 22.8 Å². The van der Waals surface area contributed by atoms with Crippen molar-refractivity contribution >= 4 is 11.7 Å². The van der Waals surface area contributed by atoms with Gasteiger partial charge in [-0.15, -0.1) is 0 Å². The summed E-state index contributed by atoms with van der Waals surface area (Å²) < 4.78 is 18.8. The molecule has 0 unspecified atom stereocenters. The van der Waals surface area contributed by atoms with Crippen molar-refractivity contribution in [3.8, 4) is 0 Å². The Morgan fingerprint density at radius 2 is 1.71 bits per heavy atom. The lowest BCUT2D eigenvalue weighted by Gasteiger charge is -2.09. The first kappa shape index (κ1) is 15.0. The minimum absolute atomic E-state index is 0.125. The fourth-order valence-corrected chi connectivity index (χ4v) is 2.20. The number of nitrogen functional groups attached to an aromatic ring is 1. The third-order valence-corrected chi connectivity index (χ3v) is 3.27. The molecule has 0 atom stereocenters. The van der Waals surface area contributed by atoms with E-state index in [9.17, 15) is 9.18 Å². The van der Waals surface area contributed by atoms with Gasteiger partial charge in [-0.05, 0) is 38.5 Å². The van der Waals surface area contributed by atoms with Gasteiger partial charge in [0.1, 0.15) is 12.4 Å². The zero-order chi connectivity index (χ0) is 15.6. The van der Waals surface area contributed by atoms with Gasteiger partial charge in [0.15, 0.2) is 0 Å². The fourth-order valence-electron chi connectivity index (χ4n) is 2.20. The van der Waals surface area contributed by atoms with Crippen LogP contribution in [0.25, 0.3) is 0 Å². The summed E-state index contributed by atoms with van der Waals surface area (Å²) in [4.78, 5) is 12.0. The third-order valence-electron chi connectivity index (χ3n) is 3.27. The molecule has 3 nitrogen and oxygen atoms in total. The van der Waals surface area contributed by atoms with Crippen LogP contribution in [-0.2, 0) is 11.3 Å². The normalized spacial score (nSPS) is 10.5. The lowest BCUT2D eigenvalue weighted by molar-refractivity contribution is 0.0472. The number of anilines is 1. The van der Waals surface area contributed by atoms with Crippen LogP contribution in [0.15, 0.2) is 30.3 Å². The van der Waals surface area contributed by atoms with Crippen LogP contribution in [0.4, 0.5) is 10.1 Å². The number of rotatable bonds is 3. The molecule has 0 aliphatic heterocycles. The van der Waals surface area contributed by atoms with Gasteiger partial charge < -0.3 is 10.5 Å². The number of nitrogens with two attached hydrogens (primary N) is 1. The predicted molar refractivity (Wildman–Crippen MR) is 80.6 cm³/mol.